The van der Waals surface area contributed by atoms with Gasteiger partial charge in [-0.2, -0.15) is 13.2 Å². The molecule has 0 heterocycles. The molecule has 48 heavy (non-hydrogen) atoms. The van der Waals surface area contributed by atoms with E-state index in [1.165, 1.54) is 24.2 Å². The summed E-state index contributed by atoms with van der Waals surface area (Å²) < 4.78 is 52.4. The molecule has 2 aromatic carbocycles. The molecule has 2 aromatic rings. The third-order valence-electron chi connectivity index (χ3n) is 10.4. The van der Waals surface area contributed by atoms with Crippen LogP contribution in [0, 0.1) is 26.7 Å². The van der Waals surface area contributed by atoms with E-state index >= 15 is 0 Å². The molecule has 2 amide bonds. The number of methoxy groups -OCH3 is 1. The number of nitrogens with zero attached hydrogens (tertiary/aromatic N) is 1. The van der Waals surface area contributed by atoms with Crippen LogP contribution in [0.2, 0.25) is 0 Å². The Balaban J connectivity index is 1.54. The molecular formula is C35H40F3IN2O7. The van der Waals surface area contributed by atoms with Crippen LogP contribution in [0.5, 0.6) is 11.5 Å². The van der Waals surface area contributed by atoms with E-state index in [0.717, 1.165) is 43.5 Å². The lowest BCUT2D eigenvalue weighted by Gasteiger charge is -2.61. The number of aliphatic hydroxyl groups excluding tert-OH is 2. The number of benzene rings is 2. The second-order valence-electron chi connectivity index (χ2n) is 13.4. The second-order valence-corrected chi connectivity index (χ2v) is 14.6. The second kappa shape index (κ2) is 14.4. The summed E-state index contributed by atoms with van der Waals surface area (Å²) in [5.41, 5.74) is -0.247. The molecule has 0 spiro atoms. The molecule has 4 aliphatic carbocycles. The molecule has 9 nitrogen and oxygen atoms in total. The average Bonchev–Trinajstić information content (AvgIpc) is 3.06. The Bertz CT molecular complexity index is 1560. The summed E-state index contributed by atoms with van der Waals surface area (Å²) in [5.74, 6) is 0.333. The Labute approximate surface area is 291 Å². The number of alkyl halides is 3. The van der Waals surface area contributed by atoms with Gasteiger partial charge < -0.3 is 29.9 Å². The quantitative estimate of drug-likeness (QED) is 0.210. The minimum atomic E-state index is -4.58. The fraction of sp³-hybridized carbons (Fsp3) is 0.514. The minimum Gasteiger partial charge on any atom is -0.493 e. The molecular weight excluding hydrogens is 744 g/mol. The lowest BCUT2D eigenvalue weighted by molar-refractivity contribution is -0.137. The van der Waals surface area contributed by atoms with Crippen molar-refractivity contribution in [3.63, 3.8) is 0 Å². The lowest BCUT2D eigenvalue weighted by atomic mass is 9.45. The van der Waals surface area contributed by atoms with Gasteiger partial charge in [0.15, 0.2) is 11.5 Å². The first-order chi connectivity index (χ1) is 22.7. The average molecular weight is 785 g/mol. The van der Waals surface area contributed by atoms with E-state index < -0.39 is 41.8 Å². The summed E-state index contributed by atoms with van der Waals surface area (Å²) in [5, 5.41) is 23.9. The predicted octanol–water partition coefficient (Wildman–Crippen LogP) is 5.26. The van der Waals surface area contributed by atoms with Crippen molar-refractivity contribution >= 4 is 40.7 Å². The molecule has 6 rings (SSSR count). The fourth-order valence-corrected chi connectivity index (χ4v) is 8.36. The van der Waals surface area contributed by atoms with E-state index in [-0.39, 0.29) is 60.1 Å². The molecule has 2 bridgehead atoms. The van der Waals surface area contributed by atoms with Crippen molar-refractivity contribution in [1.82, 2.24) is 10.2 Å². The highest BCUT2D eigenvalue weighted by Crippen LogP contribution is 2.61. The van der Waals surface area contributed by atoms with Crippen molar-refractivity contribution in [3.05, 3.63) is 68.3 Å². The van der Waals surface area contributed by atoms with Gasteiger partial charge in [-0.25, -0.2) is 0 Å². The lowest BCUT2D eigenvalue weighted by Crippen LogP contribution is -2.59. The fourth-order valence-electron chi connectivity index (χ4n) is 7.61. The van der Waals surface area contributed by atoms with Crippen molar-refractivity contribution < 1.29 is 47.2 Å². The van der Waals surface area contributed by atoms with Crippen molar-refractivity contribution in [2.45, 2.75) is 64.0 Å². The summed E-state index contributed by atoms with van der Waals surface area (Å²) in [6, 6.07) is 6.06. The number of carbonyl (C=O) groups is 3. The normalized spacial score (nSPS) is 26.1. The number of hydrogen-bond donors (Lipinski definition) is 3. The van der Waals surface area contributed by atoms with Gasteiger partial charge >= 0.3 is 6.18 Å². The zero-order valence-electron chi connectivity index (χ0n) is 26.9. The van der Waals surface area contributed by atoms with Gasteiger partial charge in [0, 0.05) is 36.2 Å². The third kappa shape index (κ3) is 7.23. The zero-order chi connectivity index (χ0) is 35.0. The van der Waals surface area contributed by atoms with Crippen LogP contribution in [0.25, 0.3) is 0 Å². The molecule has 3 N–H and O–H groups in total. The first-order valence-electron chi connectivity index (χ1n) is 15.9. The molecule has 0 unspecified atom stereocenters. The van der Waals surface area contributed by atoms with Gasteiger partial charge in [-0.15, -0.1) is 0 Å². The van der Waals surface area contributed by atoms with Crippen LogP contribution >= 0.6 is 22.6 Å². The monoisotopic (exact) mass is 784 g/mol. The Hall–Kier alpha value is -3.17. The standard InChI is InChI=1S/C35H40F3IN2O7/c1-34(2)24-9-6-21(25(34)16-24)17-41(33(46)20-4-7-23(8-5-20)35(36,37)38)27-14-22(32(45)40-10-11-42)15-28(30(27)44)48-31-26(39)12-19(18-43)13-29(31)47-3/h4-5,7-8,12-13,15,18,21,24-25,27-28,30,42,44H,6,9-11,14,16-17H2,1-3H3,(H,40,45)/t21-,24-,25-,27+,28-,30-/m0/s1. The summed E-state index contributed by atoms with van der Waals surface area (Å²) in [6.07, 6.45) is -2.19. The van der Waals surface area contributed by atoms with Gasteiger partial charge in [0.1, 0.15) is 18.5 Å². The largest absolute Gasteiger partial charge is 0.493 e. The third-order valence-corrected chi connectivity index (χ3v) is 11.2. The van der Waals surface area contributed by atoms with Crippen LogP contribution in [0.15, 0.2) is 48.0 Å². The van der Waals surface area contributed by atoms with Gasteiger partial charge in [0.05, 0.1) is 28.9 Å². The number of amides is 2. The highest BCUT2D eigenvalue weighted by molar-refractivity contribution is 14.1. The van der Waals surface area contributed by atoms with Crippen molar-refractivity contribution in [1.29, 1.82) is 0 Å². The number of nitrogens with one attached hydrogen (secondary N) is 1. The highest BCUT2D eigenvalue weighted by atomic mass is 127. The number of ether oxygens (including phenoxy) is 2. The number of aliphatic hydroxyl groups is 2. The summed E-state index contributed by atoms with van der Waals surface area (Å²) in [4.78, 5) is 40.6. The van der Waals surface area contributed by atoms with Gasteiger partial charge in [-0.1, -0.05) is 13.8 Å². The molecule has 0 aromatic heterocycles. The van der Waals surface area contributed by atoms with E-state index in [1.54, 1.807) is 6.07 Å². The molecule has 6 atom stereocenters. The van der Waals surface area contributed by atoms with Gasteiger partial charge in [-0.05, 0) is 107 Å². The topological polar surface area (TPSA) is 125 Å². The Kier molecular flexibility index (Phi) is 10.8. The summed E-state index contributed by atoms with van der Waals surface area (Å²) >= 11 is 1.97. The minimum absolute atomic E-state index is 0.0238. The summed E-state index contributed by atoms with van der Waals surface area (Å²) in [6.45, 7) is 4.34. The van der Waals surface area contributed by atoms with Crippen molar-refractivity contribution in [3.8, 4) is 11.5 Å². The van der Waals surface area contributed by atoms with Crippen molar-refractivity contribution in [2.75, 3.05) is 26.8 Å². The summed E-state index contributed by atoms with van der Waals surface area (Å²) in [7, 11) is 1.40. The number of carbonyl (C=O) groups excluding carboxylic acids is 3. The molecule has 0 aliphatic heterocycles. The van der Waals surface area contributed by atoms with E-state index in [9.17, 15) is 37.8 Å². The maximum atomic E-state index is 14.3. The molecule has 3 fully saturated rings. The van der Waals surface area contributed by atoms with Gasteiger partial charge in [0.25, 0.3) is 5.91 Å². The zero-order valence-corrected chi connectivity index (χ0v) is 29.1. The molecule has 260 valence electrons. The van der Waals surface area contributed by atoms with Gasteiger partial charge in [0.2, 0.25) is 5.91 Å². The predicted molar refractivity (Wildman–Crippen MR) is 179 cm³/mol. The van der Waals surface area contributed by atoms with Crippen LogP contribution in [-0.4, -0.2) is 78.3 Å². The van der Waals surface area contributed by atoms with Crippen LogP contribution in [0.1, 0.15) is 65.8 Å². The highest BCUT2D eigenvalue weighted by Gasteiger charge is 2.55. The number of halogens is 4. The number of rotatable bonds is 11. The molecule has 4 aliphatic rings. The molecule has 0 radical (unpaired) electrons. The van der Waals surface area contributed by atoms with Crippen LogP contribution in [-0.2, 0) is 11.0 Å². The number of aldehydes is 1. The first kappa shape index (κ1) is 36.1. The number of hydrogen-bond acceptors (Lipinski definition) is 7. The Morgan fingerprint density at radius 3 is 2.46 bits per heavy atom. The van der Waals surface area contributed by atoms with Crippen molar-refractivity contribution in [2.24, 2.45) is 23.2 Å². The maximum absolute atomic E-state index is 14.3. The van der Waals surface area contributed by atoms with Crippen LogP contribution < -0.4 is 14.8 Å². The SMILES string of the molecule is COc1cc(C=O)cc(I)c1O[C@H]1C=C(C(=O)NCCO)C[C@@H](N(C[C@@H]2CC[C@H]3C[C@@H]2C3(C)C)C(=O)c2ccc(C(F)(F)F)cc2)[C@@H]1O. The number of fused-ring (bicyclic) bond motifs is 2. The molecule has 0 saturated heterocycles. The van der Waals surface area contributed by atoms with Crippen LogP contribution in [0.3, 0.4) is 0 Å². The smallest absolute Gasteiger partial charge is 0.416 e. The van der Waals surface area contributed by atoms with E-state index in [1.807, 2.05) is 22.6 Å². The molecule has 3 saturated carbocycles. The maximum Gasteiger partial charge on any atom is 0.416 e. The Morgan fingerprint density at radius 1 is 1.17 bits per heavy atom. The first-order valence-corrected chi connectivity index (χ1v) is 17.0. The van der Waals surface area contributed by atoms with E-state index in [0.29, 0.717) is 27.3 Å². The van der Waals surface area contributed by atoms with E-state index in [2.05, 4.69) is 19.2 Å². The van der Waals surface area contributed by atoms with Gasteiger partial charge in [-0.3, -0.25) is 14.4 Å². The molecule has 13 heteroatoms. The Morgan fingerprint density at radius 2 is 1.88 bits per heavy atom. The van der Waals surface area contributed by atoms with E-state index in [4.69, 9.17) is 9.47 Å². The van der Waals surface area contributed by atoms with Crippen LogP contribution in [0.4, 0.5) is 13.2 Å².